The van der Waals surface area contributed by atoms with Crippen molar-refractivity contribution in [2.75, 3.05) is 13.7 Å². The van der Waals surface area contributed by atoms with E-state index in [4.69, 9.17) is 9.47 Å². The zero-order valence-electron chi connectivity index (χ0n) is 17.1. The number of hydrogen-bond donors (Lipinski definition) is 0. The number of hydrogen-bond acceptors (Lipinski definition) is 2. The number of allylic oxidation sites excluding steroid dienone is 4. The molecule has 1 heterocycles. The fourth-order valence-electron chi connectivity index (χ4n) is 4.04. The Bertz CT molecular complexity index is 957. The Morgan fingerprint density at radius 2 is 1.60 bits per heavy atom. The number of rotatable bonds is 4. The Morgan fingerprint density at radius 1 is 0.900 bits per heavy atom. The van der Waals surface area contributed by atoms with Gasteiger partial charge in [0.25, 0.3) is 0 Å². The summed E-state index contributed by atoms with van der Waals surface area (Å²) in [7, 11) is 1.32. The Kier molecular flexibility index (Phi) is 6.00. The van der Waals surface area contributed by atoms with Crippen LogP contribution in [-0.2, 0) is 9.47 Å². The molecule has 5 heteroatoms. The minimum absolute atomic E-state index is 0.0187. The molecule has 4 rings (SSSR count). The zero-order valence-corrected chi connectivity index (χ0v) is 17.1. The van der Waals surface area contributed by atoms with E-state index in [0.717, 1.165) is 24.0 Å². The zero-order chi connectivity index (χ0) is 21.3. The van der Waals surface area contributed by atoms with E-state index in [1.807, 2.05) is 6.07 Å². The van der Waals surface area contributed by atoms with Crippen molar-refractivity contribution in [3.05, 3.63) is 77.3 Å². The van der Waals surface area contributed by atoms with Crippen LogP contribution in [-0.4, -0.2) is 26.1 Å². The van der Waals surface area contributed by atoms with Crippen molar-refractivity contribution in [3.8, 4) is 11.1 Å². The quantitative estimate of drug-likeness (QED) is 0.562. The van der Waals surface area contributed by atoms with Crippen molar-refractivity contribution in [1.29, 1.82) is 0 Å². The van der Waals surface area contributed by atoms with Crippen LogP contribution in [0.5, 0.6) is 0 Å². The summed E-state index contributed by atoms with van der Waals surface area (Å²) in [6.07, 6.45) is 1.03. The van der Waals surface area contributed by atoms with Gasteiger partial charge in [-0.1, -0.05) is 49.4 Å². The van der Waals surface area contributed by atoms with E-state index in [9.17, 15) is 13.2 Å². The van der Waals surface area contributed by atoms with Crippen molar-refractivity contribution >= 4 is 5.57 Å². The molecule has 2 aromatic rings. The summed E-state index contributed by atoms with van der Waals surface area (Å²) in [5, 5.41) is 0. The molecule has 0 aromatic heterocycles. The van der Waals surface area contributed by atoms with Crippen molar-refractivity contribution in [2.24, 2.45) is 5.92 Å². The molecule has 0 spiro atoms. The van der Waals surface area contributed by atoms with Gasteiger partial charge in [-0.3, -0.25) is 0 Å². The molecule has 1 aliphatic heterocycles. The Hall–Kier alpha value is -2.53. The van der Waals surface area contributed by atoms with Crippen LogP contribution >= 0.6 is 0 Å². The molecule has 0 saturated carbocycles. The van der Waals surface area contributed by atoms with Crippen LogP contribution in [0.15, 0.2) is 60.4 Å². The third-order valence-electron chi connectivity index (χ3n) is 5.89. The molecule has 2 aliphatic rings. The smallest absolute Gasteiger partial charge is 0.192 e. The van der Waals surface area contributed by atoms with E-state index in [-0.39, 0.29) is 23.3 Å². The van der Waals surface area contributed by atoms with Gasteiger partial charge in [-0.05, 0) is 53.2 Å². The molecule has 0 bridgehead atoms. The molecule has 4 unspecified atom stereocenters. The molecule has 30 heavy (non-hydrogen) atoms. The van der Waals surface area contributed by atoms with Crippen molar-refractivity contribution in [1.82, 2.24) is 0 Å². The van der Waals surface area contributed by atoms with Gasteiger partial charge in [0.2, 0.25) is 0 Å². The van der Waals surface area contributed by atoms with Crippen LogP contribution in [0.3, 0.4) is 0 Å². The number of halogens is 3. The first-order valence-electron chi connectivity index (χ1n) is 10.2. The molecule has 0 N–H and O–H groups in total. The molecule has 158 valence electrons. The Labute approximate surface area is 175 Å². The first-order valence-corrected chi connectivity index (χ1v) is 10.2. The highest BCUT2D eigenvalue weighted by molar-refractivity contribution is 5.75. The second kappa shape index (κ2) is 8.68. The normalized spacial score (nSPS) is 26.7. The van der Waals surface area contributed by atoms with Gasteiger partial charge < -0.3 is 9.47 Å². The van der Waals surface area contributed by atoms with Gasteiger partial charge in [-0.25, -0.2) is 13.2 Å². The highest BCUT2D eigenvalue weighted by Crippen LogP contribution is 2.35. The van der Waals surface area contributed by atoms with Crippen LogP contribution in [0.1, 0.15) is 37.0 Å². The van der Waals surface area contributed by atoms with E-state index < -0.39 is 12.3 Å². The van der Waals surface area contributed by atoms with E-state index in [1.165, 1.54) is 25.3 Å². The molecule has 1 fully saturated rings. The number of ether oxygens (including phenoxy) is 2. The standard InChI is InChI=1S/C25H25F3O2/c1-15-3-11-22(30-14-15)20-9-8-18(13-21(20)26)16-4-6-17(7-5-16)19-10-12-23(29-2)25(28)24(19)27/h4-10,12-13,15,22,24-25H,3,11,14H2,1-2H3. The van der Waals surface area contributed by atoms with Gasteiger partial charge in [0.05, 0.1) is 13.2 Å². The molecular weight excluding hydrogens is 389 g/mol. The van der Waals surface area contributed by atoms with Crippen LogP contribution in [0.2, 0.25) is 0 Å². The van der Waals surface area contributed by atoms with Crippen LogP contribution in [0.25, 0.3) is 16.7 Å². The summed E-state index contributed by atoms with van der Waals surface area (Å²) < 4.78 is 54.0. The van der Waals surface area contributed by atoms with Crippen LogP contribution in [0, 0.1) is 11.7 Å². The lowest BCUT2D eigenvalue weighted by Gasteiger charge is -2.27. The van der Waals surface area contributed by atoms with Gasteiger partial charge in [0.1, 0.15) is 11.6 Å². The lowest BCUT2D eigenvalue weighted by Crippen LogP contribution is -2.24. The first kappa shape index (κ1) is 20.7. The highest BCUT2D eigenvalue weighted by atomic mass is 19.2. The topological polar surface area (TPSA) is 18.5 Å². The second-order valence-corrected chi connectivity index (χ2v) is 8.02. The molecule has 1 aliphatic carbocycles. The summed E-state index contributed by atoms with van der Waals surface area (Å²) in [5.74, 6) is 0.205. The van der Waals surface area contributed by atoms with Gasteiger partial charge in [-0.2, -0.15) is 0 Å². The van der Waals surface area contributed by atoms with Crippen molar-refractivity contribution < 1.29 is 22.6 Å². The maximum atomic E-state index is 14.8. The van der Waals surface area contributed by atoms with Gasteiger partial charge >= 0.3 is 0 Å². The van der Waals surface area contributed by atoms with Gasteiger partial charge in [-0.15, -0.1) is 0 Å². The minimum Gasteiger partial charge on any atom is -0.498 e. The number of methoxy groups -OCH3 is 1. The average Bonchev–Trinajstić information content (AvgIpc) is 2.76. The summed E-state index contributed by atoms with van der Waals surface area (Å²) in [6.45, 7) is 2.79. The maximum absolute atomic E-state index is 14.8. The van der Waals surface area contributed by atoms with Crippen LogP contribution in [0.4, 0.5) is 13.2 Å². The predicted molar refractivity (Wildman–Crippen MR) is 112 cm³/mol. The summed E-state index contributed by atoms with van der Waals surface area (Å²) in [4.78, 5) is 0. The summed E-state index contributed by atoms with van der Waals surface area (Å²) in [6, 6.07) is 12.2. The molecule has 1 saturated heterocycles. The average molecular weight is 414 g/mol. The SMILES string of the molecule is COC1=CC=C(c2ccc(-c3ccc(C4CCC(C)CO4)c(F)c3)cc2)C(F)C1F. The Balaban J connectivity index is 1.54. The first-order chi connectivity index (χ1) is 14.5. The minimum atomic E-state index is -1.82. The van der Waals surface area contributed by atoms with E-state index in [1.54, 1.807) is 30.3 Å². The fourth-order valence-corrected chi connectivity index (χ4v) is 4.04. The Morgan fingerprint density at radius 3 is 2.23 bits per heavy atom. The molecule has 4 atom stereocenters. The molecule has 2 nitrogen and oxygen atoms in total. The summed E-state index contributed by atoms with van der Waals surface area (Å²) in [5.41, 5.74) is 2.97. The second-order valence-electron chi connectivity index (χ2n) is 8.02. The van der Waals surface area contributed by atoms with E-state index >= 15 is 0 Å². The fraction of sp³-hybridized carbons (Fsp3) is 0.360. The maximum Gasteiger partial charge on any atom is 0.192 e. The van der Waals surface area contributed by atoms with Gasteiger partial charge in [0.15, 0.2) is 12.3 Å². The third-order valence-corrected chi connectivity index (χ3v) is 5.89. The molecule has 2 aromatic carbocycles. The van der Waals surface area contributed by atoms with E-state index in [0.29, 0.717) is 23.7 Å². The largest absolute Gasteiger partial charge is 0.498 e. The van der Waals surface area contributed by atoms with Crippen molar-refractivity contribution in [2.45, 2.75) is 38.2 Å². The summed E-state index contributed by atoms with van der Waals surface area (Å²) >= 11 is 0. The van der Waals surface area contributed by atoms with Crippen molar-refractivity contribution in [3.63, 3.8) is 0 Å². The molecule has 0 amide bonds. The monoisotopic (exact) mass is 414 g/mol. The number of alkyl halides is 2. The predicted octanol–water partition coefficient (Wildman–Crippen LogP) is 6.58. The number of benzene rings is 2. The lowest BCUT2D eigenvalue weighted by molar-refractivity contribution is -0.0141. The molecular formula is C25H25F3O2. The van der Waals surface area contributed by atoms with E-state index in [2.05, 4.69) is 6.92 Å². The lowest BCUT2D eigenvalue weighted by atomic mass is 9.91. The van der Waals surface area contributed by atoms with Crippen LogP contribution < -0.4 is 0 Å². The third kappa shape index (κ3) is 4.04. The van der Waals surface area contributed by atoms with Gasteiger partial charge in [0, 0.05) is 12.2 Å². The molecule has 0 radical (unpaired) electrons. The highest BCUT2D eigenvalue weighted by Gasteiger charge is 2.32.